The Balaban J connectivity index is 1.87. The molecule has 2 heterocycles. The fourth-order valence-corrected chi connectivity index (χ4v) is 3.64. The van der Waals surface area contributed by atoms with E-state index in [0.29, 0.717) is 28.0 Å². The molecule has 1 aliphatic rings. The second-order valence-electron chi connectivity index (χ2n) is 6.38. The molecular weight excluding hydrogens is 328 g/mol. The molecule has 1 aliphatic carbocycles. The second-order valence-corrected chi connectivity index (χ2v) is 6.38. The Morgan fingerprint density at radius 2 is 2.08 bits per heavy atom. The summed E-state index contributed by atoms with van der Waals surface area (Å²) in [6, 6.07) is 13.3. The molecule has 0 amide bonds. The standard InChI is InChI=1S/C19H16N6O/c20-10-12-4-1-2-6-14(12)23-18-17-16(8-9-22-19(17)26)25(24-18)15-7-3-5-13(15)11-21/h1-2,4,6,8-9,13,15H,3,5,7H2,(H,22,26)(H,23,24). The monoisotopic (exact) mass is 344 g/mol. The summed E-state index contributed by atoms with van der Waals surface area (Å²) in [6.45, 7) is 0. The normalized spacial score (nSPS) is 19.2. The van der Waals surface area contributed by atoms with Crippen molar-refractivity contribution in [1.29, 1.82) is 10.5 Å². The van der Waals surface area contributed by atoms with E-state index >= 15 is 0 Å². The van der Waals surface area contributed by atoms with Gasteiger partial charge in [-0.1, -0.05) is 12.1 Å². The minimum atomic E-state index is -0.253. The summed E-state index contributed by atoms with van der Waals surface area (Å²) in [5, 5.41) is 26.9. The van der Waals surface area contributed by atoms with E-state index in [1.54, 1.807) is 35.1 Å². The summed E-state index contributed by atoms with van der Waals surface area (Å²) in [5.74, 6) is 0.282. The van der Waals surface area contributed by atoms with E-state index in [9.17, 15) is 15.3 Å². The number of aromatic nitrogens is 3. The highest BCUT2D eigenvalue weighted by molar-refractivity contribution is 5.91. The van der Waals surface area contributed by atoms with Gasteiger partial charge in [0, 0.05) is 6.20 Å². The fraction of sp³-hybridized carbons (Fsp3) is 0.263. The van der Waals surface area contributed by atoms with Crippen LogP contribution >= 0.6 is 0 Å². The number of nitrogens with zero attached hydrogens (tertiary/aromatic N) is 4. The lowest BCUT2D eigenvalue weighted by Crippen LogP contribution is -2.14. The van der Waals surface area contributed by atoms with E-state index in [1.807, 2.05) is 6.07 Å². The van der Waals surface area contributed by atoms with Crippen molar-refractivity contribution in [1.82, 2.24) is 14.8 Å². The van der Waals surface area contributed by atoms with Gasteiger partial charge >= 0.3 is 0 Å². The van der Waals surface area contributed by atoms with Crippen LogP contribution in [0.5, 0.6) is 0 Å². The molecular formula is C19H16N6O. The van der Waals surface area contributed by atoms with Crippen LogP contribution in [0.3, 0.4) is 0 Å². The van der Waals surface area contributed by atoms with Crippen molar-refractivity contribution in [2.75, 3.05) is 5.32 Å². The number of para-hydroxylation sites is 1. The van der Waals surface area contributed by atoms with E-state index < -0.39 is 0 Å². The lowest BCUT2D eigenvalue weighted by molar-refractivity contribution is 0.423. The third-order valence-electron chi connectivity index (χ3n) is 4.89. The first kappa shape index (κ1) is 15.9. The van der Waals surface area contributed by atoms with Crippen molar-refractivity contribution in [3.63, 3.8) is 0 Å². The van der Waals surface area contributed by atoms with E-state index in [2.05, 4.69) is 27.5 Å². The minimum absolute atomic E-state index is 0.0499. The maximum absolute atomic E-state index is 12.4. The lowest BCUT2D eigenvalue weighted by Gasteiger charge is -2.15. The summed E-state index contributed by atoms with van der Waals surface area (Å²) >= 11 is 0. The maximum Gasteiger partial charge on any atom is 0.261 e. The van der Waals surface area contributed by atoms with Crippen LogP contribution in [0.2, 0.25) is 0 Å². The van der Waals surface area contributed by atoms with Gasteiger partial charge in [0.15, 0.2) is 5.82 Å². The number of pyridine rings is 1. The van der Waals surface area contributed by atoms with Gasteiger partial charge in [-0.05, 0) is 37.5 Å². The van der Waals surface area contributed by atoms with Crippen molar-refractivity contribution >= 4 is 22.4 Å². The van der Waals surface area contributed by atoms with Crippen LogP contribution in [0.4, 0.5) is 11.5 Å². The first-order valence-corrected chi connectivity index (χ1v) is 8.48. The molecule has 2 aromatic heterocycles. The van der Waals surface area contributed by atoms with Crippen LogP contribution in [-0.2, 0) is 0 Å². The van der Waals surface area contributed by atoms with Gasteiger partial charge in [0.05, 0.1) is 34.8 Å². The number of hydrogen-bond donors (Lipinski definition) is 2. The molecule has 2 atom stereocenters. The highest BCUT2D eigenvalue weighted by Gasteiger charge is 2.31. The molecule has 0 spiro atoms. The molecule has 0 saturated heterocycles. The molecule has 26 heavy (non-hydrogen) atoms. The average Bonchev–Trinajstić information content (AvgIpc) is 3.27. The number of nitriles is 2. The fourth-order valence-electron chi connectivity index (χ4n) is 3.64. The first-order valence-electron chi connectivity index (χ1n) is 8.48. The molecule has 1 fully saturated rings. The SMILES string of the molecule is N#Cc1ccccc1Nc1nn(C2CCCC2C#N)c2cc[nH]c(=O)c12. The summed E-state index contributed by atoms with van der Waals surface area (Å²) < 4.78 is 1.79. The lowest BCUT2D eigenvalue weighted by atomic mass is 10.1. The van der Waals surface area contributed by atoms with Crippen molar-refractivity contribution in [3.8, 4) is 12.1 Å². The van der Waals surface area contributed by atoms with Gasteiger partial charge in [-0.2, -0.15) is 15.6 Å². The van der Waals surface area contributed by atoms with Crippen LogP contribution < -0.4 is 10.9 Å². The molecule has 0 radical (unpaired) electrons. The van der Waals surface area contributed by atoms with Gasteiger partial charge in [-0.15, -0.1) is 0 Å². The number of benzene rings is 1. The summed E-state index contributed by atoms with van der Waals surface area (Å²) in [6.07, 6.45) is 4.25. The van der Waals surface area contributed by atoms with Gasteiger partial charge in [0.2, 0.25) is 0 Å². The number of rotatable bonds is 3. The van der Waals surface area contributed by atoms with Gasteiger partial charge in [0.1, 0.15) is 11.5 Å². The number of H-pyrrole nitrogens is 1. The third kappa shape index (κ3) is 2.51. The number of aromatic amines is 1. The zero-order valence-corrected chi connectivity index (χ0v) is 13.9. The Morgan fingerprint density at radius 1 is 1.23 bits per heavy atom. The average molecular weight is 344 g/mol. The van der Waals surface area contributed by atoms with Crippen LogP contribution in [0.25, 0.3) is 10.9 Å². The predicted octanol–water partition coefficient (Wildman–Crippen LogP) is 3.20. The van der Waals surface area contributed by atoms with Gasteiger partial charge < -0.3 is 10.3 Å². The highest BCUT2D eigenvalue weighted by Crippen LogP contribution is 2.38. The maximum atomic E-state index is 12.4. The summed E-state index contributed by atoms with van der Waals surface area (Å²) in [5.41, 5.74) is 1.50. The van der Waals surface area contributed by atoms with Gasteiger partial charge in [0.25, 0.3) is 5.56 Å². The largest absolute Gasteiger partial charge is 0.337 e. The molecule has 0 aliphatic heterocycles. The zero-order valence-electron chi connectivity index (χ0n) is 13.9. The van der Waals surface area contributed by atoms with E-state index in [0.717, 1.165) is 19.3 Å². The smallest absolute Gasteiger partial charge is 0.261 e. The van der Waals surface area contributed by atoms with Crippen molar-refractivity contribution in [3.05, 3.63) is 52.4 Å². The molecule has 4 rings (SSSR count). The number of fused-ring (bicyclic) bond motifs is 1. The van der Waals surface area contributed by atoms with Crippen molar-refractivity contribution in [2.45, 2.75) is 25.3 Å². The molecule has 1 aromatic carbocycles. The van der Waals surface area contributed by atoms with E-state index in [4.69, 9.17) is 0 Å². The molecule has 2 N–H and O–H groups in total. The van der Waals surface area contributed by atoms with Crippen LogP contribution in [0.1, 0.15) is 30.9 Å². The van der Waals surface area contributed by atoms with E-state index in [1.165, 1.54) is 0 Å². The zero-order chi connectivity index (χ0) is 18.1. The Labute approximate surface area is 149 Å². The Hall–Kier alpha value is -3.58. The van der Waals surface area contributed by atoms with Crippen molar-refractivity contribution < 1.29 is 0 Å². The predicted molar refractivity (Wildman–Crippen MR) is 96.8 cm³/mol. The Bertz CT molecular complexity index is 1110. The molecule has 3 aromatic rings. The van der Waals surface area contributed by atoms with Gasteiger partial charge in [-0.3, -0.25) is 9.48 Å². The quantitative estimate of drug-likeness (QED) is 0.758. The molecule has 2 unspecified atom stereocenters. The number of anilines is 2. The van der Waals surface area contributed by atoms with E-state index in [-0.39, 0.29) is 17.5 Å². The number of hydrogen-bond acceptors (Lipinski definition) is 5. The summed E-state index contributed by atoms with van der Waals surface area (Å²) in [4.78, 5) is 15.1. The summed E-state index contributed by atoms with van der Waals surface area (Å²) in [7, 11) is 0. The first-order chi connectivity index (χ1) is 12.7. The van der Waals surface area contributed by atoms with Crippen LogP contribution in [0.15, 0.2) is 41.3 Å². The molecule has 0 bridgehead atoms. The molecule has 1 saturated carbocycles. The van der Waals surface area contributed by atoms with Gasteiger partial charge in [-0.25, -0.2) is 0 Å². The molecule has 128 valence electrons. The Morgan fingerprint density at radius 3 is 2.88 bits per heavy atom. The topological polar surface area (TPSA) is 110 Å². The minimum Gasteiger partial charge on any atom is -0.337 e. The van der Waals surface area contributed by atoms with Crippen molar-refractivity contribution in [2.24, 2.45) is 5.92 Å². The van der Waals surface area contributed by atoms with Crippen LogP contribution in [0, 0.1) is 28.6 Å². The third-order valence-corrected chi connectivity index (χ3v) is 4.89. The van der Waals surface area contributed by atoms with Crippen LogP contribution in [-0.4, -0.2) is 14.8 Å². The molecule has 7 nitrogen and oxygen atoms in total. The molecule has 7 heteroatoms. The Kier molecular flexibility index (Phi) is 3.91. The number of nitrogens with one attached hydrogen (secondary N) is 2. The highest BCUT2D eigenvalue weighted by atomic mass is 16.1. The second kappa shape index (κ2) is 6.38.